The van der Waals surface area contributed by atoms with Gasteiger partial charge in [-0.1, -0.05) is 6.92 Å². The predicted octanol–water partition coefficient (Wildman–Crippen LogP) is 2.90. The van der Waals surface area contributed by atoms with Crippen molar-refractivity contribution in [2.75, 3.05) is 13.2 Å². The summed E-state index contributed by atoms with van der Waals surface area (Å²) in [6.07, 6.45) is 5.23. The summed E-state index contributed by atoms with van der Waals surface area (Å²) in [5.41, 5.74) is 0. The Bertz CT molecular complexity index is 546. The van der Waals surface area contributed by atoms with Crippen LogP contribution in [0.4, 0.5) is 0 Å². The summed E-state index contributed by atoms with van der Waals surface area (Å²) in [4.78, 5) is 23.2. The van der Waals surface area contributed by atoms with Gasteiger partial charge in [0.05, 0.1) is 6.10 Å². The Morgan fingerprint density at radius 1 is 1.27 bits per heavy atom. The summed E-state index contributed by atoms with van der Waals surface area (Å²) in [5.74, 6) is 6.60. The highest BCUT2D eigenvalue weighted by atomic mass is 16.5. The fraction of sp³-hybridized carbons (Fsp3) is 0.810. The average Bonchev–Trinajstić information content (AvgIpc) is 3.10. The number of carboxylic acid groups (broad SMARTS) is 1. The van der Waals surface area contributed by atoms with Crippen LogP contribution in [-0.4, -0.2) is 41.3 Å². The van der Waals surface area contributed by atoms with Crippen molar-refractivity contribution in [3.05, 3.63) is 0 Å². The molecule has 2 saturated carbocycles. The highest BCUT2D eigenvalue weighted by molar-refractivity contribution is 5.82. The van der Waals surface area contributed by atoms with Crippen molar-refractivity contribution in [1.82, 2.24) is 0 Å². The molecule has 2 N–H and O–H groups in total. The van der Waals surface area contributed by atoms with Crippen molar-refractivity contribution in [3.8, 4) is 11.8 Å². The van der Waals surface area contributed by atoms with Crippen LogP contribution in [0.15, 0.2) is 0 Å². The molecule has 6 atom stereocenters. The SMILES string of the molecule is CC#CCC(C)CCC(=O)[C@H]1[C@@H]2C[C@H](CCOCC(=O)O)C[C@@H]2C[C@@H]1O. The Balaban J connectivity index is 1.79. The lowest BCUT2D eigenvalue weighted by Crippen LogP contribution is -2.28. The fourth-order valence-corrected chi connectivity index (χ4v) is 4.76. The fourth-order valence-electron chi connectivity index (χ4n) is 4.76. The molecule has 0 aromatic heterocycles. The Hall–Kier alpha value is -1.38. The van der Waals surface area contributed by atoms with Crippen LogP contribution < -0.4 is 0 Å². The smallest absolute Gasteiger partial charge is 0.329 e. The number of aliphatic hydroxyl groups excluding tert-OH is 1. The molecule has 0 heterocycles. The van der Waals surface area contributed by atoms with Gasteiger partial charge in [-0.2, -0.15) is 0 Å². The normalized spacial score (nSPS) is 31.1. The van der Waals surface area contributed by atoms with Gasteiger partial charge in [-0.05, 0) is 62.7 Å². The molecular weight excluding hydrogens is 332 g/mol. The van der Waals surface area contributed by atoms with E-state index in [1.165, 1.54) is 0 Å². The van der Waals surface area contributed by atoms with Crippen molar-refractivity contribution in [2.45, 2.75) is 64.9 Å². The number of hydrogen-bond donors (Lipinski definition) is 2. The second kappa shape index (κ2) is 10.1. The predicted molar refractivity (Wildman–Crippen MR) is 98.4 cm³/mol. The molecule has 0 amide bonds. The van der Waals surface area contributed by atoms with Gasteiger partial charge >= 0.3 is 5.97 Å². The minimum atomic E-state index is -0.943. The minimum absolute atomic E-state index is 0.212. The molecule has 0 bridgehead atoms. The number of aliphatic hydroxyl groups is 1. The molecule has 2 rings (SSSR count). The van der Waals surface area contributed by atoms with Gasteiger partial charge in [0.1, 0.15) is 12.4 Å². The lowest BCUT2D eigenvalue weighted by Gasteiger charge is -2.21. The maximum Gasteiger partial charge on any atom is 0.329 e. The molecule has 2 aliphatic rings. The zero-order valence-electron chi connectivity index (χ0n) is 15.9. The molecule has 5 heteroatoms. The first-order valence-corrected chi connectivity index (χ1v) is 9.82. The van der Waals surface area contributed by atoms with Crippen molar-refractivity contribution in [2.24, 2.45) is 29.6 Å². The quantitative estimate of drug-likeness (QED) is 0.460. The third-order valence-electron chi connectivity index (χ3n) is 6.05. The summed E-state index contributed by atoms with van der Waals surface area (Å²) in [7, 11) is 0. The molecule has 0 radical (unpaired) electrons. The first kappa shape index (κ1) is 20.9. The lowest BCUT2D eigenvalue weighted by molar-refractivity contribution is -0.142. The monoisotopic (exact) mass is 364 g/mol. The van der Waals surface area contributed by atoms with Gasteiger partial charge in [0.2, 0.25) is 0 Å². The molecule has 5 nitrogen and oxygen atoms in total. The number of hydrogen-bond acceptors (Lipinski definition) is 4. The van der Waals surface area contributed by atoms with Crippen molar-refractivity contribution >= 4 is 11.8 Å². The number of fused-ring (bicyclic) bond motifs is 1. The van der Waals surface area contributed by atoms with E-state index in [4.69, 9.17) is 9.84 Å². The second-order valence-corrected chi connectivity index (χ2v) is 8.07. The molecule has 2 aliphatic carbocycles. The summed E-state index contributed by atoms with van der Waals surface area (Å²) in [6, 6.07) is 0. The van der Waals surface area contributed by atoms with E-state index in [-0.39, 0.29) is 24.2 Å². The standard InChI is InChI=1S/C21H32O5/c1-3-4-5-14(2)6-7-18(22)21-17-11-15(8-9-26-13-20(24)25)10-16(17)12-19(21)23/h14-17,19,21,23H,5-13H2,1-2H3,(H,24,25)/t14?,15-,16-,17-,19+,21-/m1/s1. The van der Waals surface area contributed by atoms with Gasteiger partial charge in [0, 0.05) is 25.4 Å². The van der Waals surface area contributed by atoms with Crippen LogP contribution >= 0.6 is 0 Å². The molecule has 2 fully saturated rings. The van der Waals surface area contributed by atoms with Crippen molar-refractivity contribution in [1.29, 1.82) is 0 Å². The zero-order chi connectivity index (χ0) is 19.1. The Labute approximate surface area is 156 Å². The summed E-state index contributed by atoms with van der Waals surface area (Å²) < 4.78 is 5.14. The summed E-state index contributed by atoms with van der Waals surface area (Å²) >= 11 is 0. The molecule has 146 valence electrons. The van der Waals surface area contributed by atoms with E-state index < -0.39 is 12.1 Å². The van der Waals surface area contributed by atoms with Gasteiger partial charge in [-0.15, -0.1) is 11.8 Å². The number of ether oxygens (including phenoxy) is 1. The first-order chi connectivity index (χ1) is 12.4. The highest BCUT2D eigenvalue weighted by Gasteiger charge is 2.50. The zero-order valence-corrected chi connectivity index (χ0v) is 15.9. The topological polar surface area (TPSA) is 83.8 Å². The maximum atomic E-state index is 12.7. The number of aliphatic carboxylic acids is 1. The highest BCUT2D eigenvalue weighted by Crippen LogP contribution is 2.51. The molecule has 0 aromatic rings. The number of Topliss-reactive ketones (excluding diaryl/α,β-unsaturated/α-hetero) is 1. The van der Waals surface area contributed by atoms with Crippen LogP contribution in [0.1, 0.15) is 58.8 Å². The molecule has 0 saturated heterocycles. The minimum Gasteiger partial charge on any atom is -0.480 e. The van der Waals surface area contributed by atoms with E-state index in [0.717, 1.165) is 38.5 Å². The number of carboxylic acids is 1. The van der Waals surface area contributed by atoms with Crippen LogP contribution in [0.25, 0.3) is 0 Å². The van der Waals surface area contributed by atoms with Crippen molar-refractivity contribution < 1.29 is 24.5 Å². The maximum absolute atomic E-state index is 12.7. The van der Waals surface area contributed by atoms with E-state index in [9.17, 15) is 14.7 Å². The van der Waals surface area contributed by atoms with Crippen LogP contribution in [0, 0.1) is 41.4 Å². The lowest BCUT2D eigenvalue weighted by atomic mass is 9.84. The number of carbonyl (C=O) groups is 2. The van der Waals surface area contributed by atoms with Gasteiger partial charge in [-0.25, -0.2) is 4.79 Å². The molecular formula is C21H32O5. The Morgan fingerprint density at radius 2 is 2.04 bits per heavy atom. The van der Waals surface area contributed by atoms with Crippen molar-refractivity contribution in [3.63, 3.8) is 0 Å². The summed E-state index contributed by atoms with van der Waals surface area (Å²) in [6.45, 7) is 4.15. The third-order valence-corrected chi connectivity index (χ3v) is 6.05. The van der Waals surface area contributed by atoms with Crippen LogP contribution in [0.2, 0.25) is 0 Å². The molecule has 0 aromatic carbocycles. The van der Waals surface area contributed by atoms with Crippen LogP contribution in [0.3, 0.4) is 0 Å². The van der Waals surface area contributed by atoms with E-state index in [0.29, 0.717) is 30.8 Å². The molecule has 26 heavy (non-hydrogen) atoms. The Kier molecular flexibility index (Phi) is 8.12. The number of carbonyl (C=O) groups excluding carboxylic acids is 1. The molecule has 0 spiro atoms. The van der Waals surface area contributed by atoms with E-state index >= 15 is 0 Å². The first-order valence-electron chi connectivity index (χ1n) is 9.82. The van der Waals surface area contributed by atoms with Crippen LogP contribution in [0.5, 0.6) is 0 Å². The largest absolute Gasteiger partial charge is 0.480 e. The summed E-state index contributed by atoms with van der Waals surface area (Å²) in [5, 5.41) is 19.0. The third kappa shape index (κ3) is 5.82. The average molecular weight is 364 g/mol. The molecule has 0 aliphatic heterocycles. The van der Waals surface area contributed by atoms with E-state index in [2.05, 4.69) is 18.8 Å². The van der Waals surface area contributed by atoms with Gasteiger partial charge in [-0.3, -0.25) is 4.79 Å². The van der Waals surface area contributed by atoms with Crippen LogP contribution in [-0.2, 0) is 14.3 Å². The van der Waals surface area contributed by atoms with Gasteiger partial charge in [0.25, 0.3) is 0 Å². The van der Waals surface area contributed by atoms with Gasteiger partial charge in [0.15, 0.2) is 0 Å². The number of rotatable bonds is 10. The van der Waals surface area contributed by atoms with E-state index in [1.807, 2.05) is 6.92 Å². The van der Waals surface area contributed by atoms with Gasteiger partial charge < -0.3 is 14.9 Å². The Morgan fingerprint density at radius 3 is 2.73 bits per heavy atom. The second-order valence-electron chi connectivity index (χ2n) is 8.07. The number of ketones is 1. The van der Waals surface area contributed by atoms with E-state index in [1.54, 1.807) is 0 Å². The molecule has 1 unspecified atom stereocenters.